The van der Waals surface area contributed by atoms with Gasteiger partial charge in [0.2, 0.25) is 0 Å². The molecule has 0 radical (unpaired) electrons. The van der Waals surface area contributed by atoms with E-state index in [1.807, 2.05) is 12.1 Å². The molecule has 70 valence electrons. The Bertz CT molecular complexity index is 309. The topological polar surface area (TPSA) is 46.2 Å². The Morgan fingerprint density at radius 2 is 2.23 bits per heavy atom. The number of rotatable bonds is 2. The highest BCUT2D eigenvalue weighted by atomic mass is 16.3. The fraction of sp³-hybridized carbons (Fsp3) is 0.455. The summed E-state index contributed by atoms with van der Waals surface area (Å²) in [4.78, 5) is 0. The summed E-state index contributed by atoms with van der Waals surface area (Å²) in [5.74, 6) is 0. The molecule has 0 amide bonds. The lowest BCUT2D eigenvalue weighted by molar-refractivity contribution is 0.186. The molecule has 0 saturated heterocycles. The molecular weight excluding hydrogens is 162 g/mol. The number of aliphatic hydroxyl groups is 1. The van der Waals surface area contributed by atoms with Gasteiger partial charge in [0.1, 0.15) is 0 Å². The van der Waals surface area contributed by atoms with Crippen molar-refractivity contribution in [1.29, 1.82) is 0 Å². The van der Waals surface area contributed by atoms with Gasteiger partial charge in [0.05, 0.1) is 6.10 Å². The molecule has 13 heavy (non-hydrogen) atoms. The first kappa shape index (κ1) is 8.73. The first-order valence-electron chi connectivity index (χ1n) is 4.81. The number of aryl methyl sites for hydroxylation is 1. The van der Waals surface area contributed by atoms with Crippen molar-refractivity contribution < 1.29 is 5.11 Å². The molecule has 2 nitrogen and oxygen atoms in total. The number of hydrogen-bond donors (Lipinski definition) is 2. The van der Waals surface area contributed by atoms with E-state index in [0.29, 0.717) is 6.54 Å². The number of hydrogen-bond acceptors (Lipinski definition) is 2. The molecule has 0 bridgehead atoms. The average molecular weight is 177 g/mol. The molecule has 2 heteroatoms. The van der Waals surface area contributed by atoms with Crippen LogP contribution in [0.2, 0.25) is 0 Å². The van der Waals surface area contributed by atoms with Gasteiger partial charge in [0, 0.05) is 6.54 Å². The van der Waals surface area contributed by atoms with Crippen LogP contribution in [-0.4, -0.2) is 11.7 Å². The van der Waals surface area contributed by atoms with Crippen LogP contribution in [0.25, 0.3) is 0 Å². The van der Waals surface area contributed by atoms with Crippen LogP contribution in [0, 0.1) is 0 Å². The van der Waals surface area contributed by atoms with E-state index in [0.717, 1.165) is 18.4 Å². The summed E-state index contributed by atoms with van der Waals surface area (Å²) >= 11 is 0. The van der Waals surface area contributed by atoms with E-state index in [1.165, 1.54) is 17.5 Å². The minimum Gasteiger partial charge on any atom is -0.387 e. The first-order chi connectivity index (χ1) is 6.33. The molecule has 1 atom stereocenters. The molecule has 1 aliphatic rings. The fourth-order valence-electron chi connectivity index (χ4n) is 2.09. The molecule has 1 aromatic rings. The second-order valence-electron chi connectivity index (χ2n) is 3.59. The molecule has 0 aliphatic heterocycles. The van der Waals surface area contributed by atoms with Gasteiger partial charge in [-0.1, -0.05) is 18.2 Å². The van der Waals surface area contributed by atoms with E-state index >= 15 is 0 Å². The Labute approximate surface area is 78.4 Å². The highest BCUT2D eigenvalue weighted by Gasteiger charge is 2.17. The molecule has 0 spiro atoms. The summed E-state index contributed by atoms with van der Waals surface area (Å²) in [5.41, 5.74) is 9.21. The third kappa shape index (κ3) is 1.47. The van der Waals surface area contributed by atoms with Crippen LogP contribution in [0.1, 0.15) is 29.2 Å². The maximum absolute atomic E-state index is 9.67. The third-order valence-electron chi connectivity index (χ3n) is 2.76. The summed E-state index contributed by atoms with van der Waals surface area (Å²) in [6.45, 7) is 0.316. The number of nitrogens with two attached hydrogens (primary N) is 1. The minimum absolute atomic E-state index is 0.316. The van der Waals surface area contributed by atoms with Crippen molar-refractivity contribution in [2.45, 2.75) is 25.4 Å². The van der Waals surface area contributed by atoms with Gasteiger partial charge in [0.25, 0.3) is 0 Å². The van der Waals surface area contributed by atoms with Gasteiger partial charge in [0.15, 0.2) is 0 Å². The van der Waals surface area contributed by atoms with Gasteiger partial charge in [-0.25, -0.2) is 0 Å². The third-order valence-corrected chi connectivity index (χ3v) is 2.76. The highest BCUT2D eigenvalue weighted by molar-refractivity contribution is 5.39. The molecular formula is C11H15NO. The van der Waals surface area contributed by atoms with E-state index in [9.17, 15) is 5.11 Å². The number of benzene rings is 1. The van der Waals surface area contributed by atoms with Gasteiger partial charge >= 0.3 is 0 Å². The SMILES string of the molecule is NC[C@H](O)c1cccc2c1CCC2. The van der Waals surface area contributed by atoms with Crippen molar-refractivity contribution in [3.8, 4) is 0 Å². The lowest BCUT2D eigenvalue weighted by Gasteiger charge is -2.12. The van der Waals surface area contributed by atoms with E-state index in [4.69, 9.17) is 5.73 Å². The molecule has 0 heterocycles. The van der Waals surface area contributed by atoms with Crippen molar-refractivity contribution >= 4 is 0 Å². The summed E-state index contributed by atoms with van der Waals surface area (Å²) in [6.07, 6.45) is 2.99. The van der Waals surface area contributed by atoms with Gasteiger partial charge in [-0.05, 0) is 36.0 Å². The molecule has 0 aromatic heterocycles. The van der Waals surface area contributed by atoms with Crippen molar-refractivity contribution in [2.24, 2.45) is 5.73 Å². The van der Waals surface area contributed by atoms with E-state index in [1.54, 1.807) is 0 Å². The Hall–Kier alpha value is -0.860. The van der Waals surface area contributed by atoms with Gasteiger partial charge in [-0.15, -0.1) is 0 Å². The zero-order valence-electron chi connectivity index (χ0n) is 7.66. The van der Waals surface area contributed by atoms with Crippen LogP contribution < -0.4 is 5.73 Å². The van der Waals surface area contributed by atoms with Crippen molar-refractivity contribution in [3.05, 3.63) is 34.9 Å². The van der Waals surface area contributed by atoms with Crippen LogP contribution in [0.3, 0.4) is 0 Å². The Morgan fingerprint density at radius 3 is 3.00 bits per heavy atom. The Balaban J connectivity index is 2.41. The molecule has 0 saturated carbocycles. The molecule has 0 unspecified atom stereocenters. The lowest BCUT2D eigenvalue weighted by Crippen LogP contribution is -2.13. The van der Waals surface area contributed by atoms with E-state index < -0.39 is 6.10 Å². The zero-order valence-corrected chi connectivity index (χ0v) is 7.66. The Kier molecular flexibility index (Phi) is 2.34. The smallest absolute Gasteiger partial charge is 0.0914 e. The van der Waals surface area contributed by atoms with Gasteiger partial charge in [-0.3, -0.25) is 0 Å². The molecule has 2 rings (SSSR count). The van der Waals surface area contributed by atoms with Gasteiger partial charge < -0.3 is 10.8 Å². The maximum Gasteiger partial charge on any atom is 0.0914 e. The largest absolute Gasteiger partial charge is 0.387 e. The van der Waals surface area contributed by atoms with Crippen LogP contribution in [-0.2, 0) is 12.8 Å². The normalized spacial score (nSPS) is 17.1. The van der Waals surface area contributed by atoms with Crippen molar-refractivity contribution in [1.82, 2.24) is 0 Å². The second-order valence-corrected chi connectivity index (χ2v) is 3.59. The molecule has 3 N–H and O–H groups in total. The fourth-order valence-corrected chi connectivity index (χ4v) is 2.09. The Morgan fingerprint density at radius 1 is 1.38 bits per heavy atom. The predicted octanol–water partition coefficient (Wildman–Crippen LogP) is 1.17. The standard InChI is InChI=1S/C11H15NO/c12-7-11(13)10-6-2-4-8-3-1-5-9(8)10/h2,4,6,11,13H,1,3,5,7,12H2/t11-/m0/s1. The molecule has 1 aliphatic carbocycles. The zero-order chi connectivity index (χ0) is 9.26. The molecule has 0 fully saturated rings. The second kappa shape index (κ2) is 3.48. The number of fused-ring (bicyclic) bond motifs is 1. The highest BCUT2D eigenvalue weighted by Crippen LogP contribution is 2.28. The van der Waals surface area contributed by atoms with Crippen molar-refractivity contribution in [2.75, 3.05) is 6.54 Å². The van der Waals surface area contributed by atoms with Crippen LogP contribution >= 0.6 is 0 Å². The summed E-state index contributed by atoms with van der Waals surface area (Å²) in [6, 6.07) is 6.15. The summed E-state index contributed by atoms with van der Waals surface area (Å²) in [7, 11) is 0. The quantitative estimate of drug-likeness (QED) is 0.712. The minimum atomic E-state index is -0.479. The first-order valence-corrected chi connectivity index (χ1v) is 4.81. The lowest BCUT2D eigenvalue weighted by atomic mass is 9.99. The van der Waals surface area contributed by atoms with Crippen LogP contribution in [0.4, 0.5) is 0 Å². The van der Waals surface area contributed by atoms with Crippen LogP contribution in [0.5, 0.6) is 0 Å². The summed E-state index contributed by atoms with van der Waals surface area (Å²) in [5, 5.41) is 9.67. The van der Waals surface area contributed by atoms with Gasteiger partial charge in [-0.2, -0.15) is 0 Å². The average Bonchev–Trinajstić information content (AvgIpc) is 2.63. The summed E-state index contributed by atoms with van der Waals surface area (Å²) < 4.78 is 0. The van der Waals surface area contributed by atoms with Crippen molar-refractivity contribution in [3.63, 3.8) is 0 Å². The van der Waals surface area contributed by atoms with Crippen LogP contribution in [0.15, 0.2) is 18.2 Å². The predicted molar refractivity (Wildman–Crippen MR) is 52.5 cm³/mol. The monoisotopic (exact) mass is 177 g/mol. The van der Waals surface area contributed by atoms with E-state index in [2.05, 4.69) is 6.07 Å². The maximum atomic E-state index is 9.67. The molecule has 1 aromatic carbocycles. The van der Waals surface area contributed by atoms with E-state index in [-0.39, 0.29) is 0 Å². The number of aliphatic hydroxyl groups excluding tert-OH is 1.